The Morgan fingerprint density at radius 3 is 2.78 bits per heavy atom. The number of benzene rings is 2. The first kappa shape index (κ1) is 23.3. The Labute approximate surface area is 211 Å². The van der Waals surface area contributed by atoms with Crippen molar-refractivity contribution < 1.29 is 4.79 Å². The van der Waals surface area contributed by atoms with Gasteiger partial charge in [-0.05, 0) is 53.6 Å². The molecule has 0 bridgehead atoms. The summed E-state index contributed by atoms with van der Waals surface area (Å²) in [6.45, 7) is 0.639. The van der Waals surface area contributed by atoms with Crippen molar-refractivity contribution >= 4 is 34.2 Å². The third kappa shape index (κ3) is 5.13. The topological polar surface area (TPSA) is 119 Å². The molecule has 0 unspecified atom stereocenters. The Bertz CT molecular complexity index is 1620. The molecule has 0 radical (unpaired) electrons. The maximum absolute atomic E-state index is 12.8. The molecular weight excluding hydrogens is 476 g/mol. The first-order valence-corrected chi connectivity index (χ1v) is 11.7. The third-order valence-electron chi connectivity index (χ3n) is 5.91. The molecule has 0 fully saturated rings. The number of carbonyl (C=O) groups excluding carboxylic acids is 1. The molecule has 180 valence electrons. The van der Waals surface area contributed by atoms with Crippen molar-refractivity contribution in [2.24, 2.45) is 0 Å². The van der Waals surface area contributed by atoms with E-state index in [1.165, 1.54) is 6.07 Å². The number of anilines is 1. The second-order valence-corrected chi connectivity index (χ2v) is 8.87. The van der Waals surface area contributed by atoms with Gasteiger partial charge in [0.25, 0.3) is 11.5 Å². The van der Waals surface area contributed by atoms with Crippen molar-refractivity contribution in [2.45, 2.75) is 19.5 Å². The van der Waals surface area contributed by atoms with E-state index in [1.54, 1.807) is 35.0 Å². The Balaban J connectivity index is 1.26. The average molecular weight is 499 g/mol. The highest BCUT2D eigenvalue weighted by Crippen LogP contribution is 2.21. The third-order valence-corrected chi connectivity index (χ3v) is 6.14. The van der Waals surface area contributed by atoms with Crippen LogP contribution in [0.3, 0.4) is 0 Å². The van der Waals surface area contributed by atoms with Gasteiger partial charge in [0.05, 0.1) is 30.0 Å². The molecule has 3 aromatic heterocycles. The highest BCUT2D eigenvalue weighted by atomic mass is 35.5. The predicted octanol–water partition coefficient (Wildman–Crippen LogP) is 3.92. The minimum Gasteiger partial charge on any atom is -0.383 e. The van der Waals surface area contributed by atoms with E-state index in [0.717, 1.165) is 27.7 Å². The van der Waals surface area contributed by atoms with Crippen LogP contribution in [0.5, 0.6) is 0 Å². The molecule has 5 rings (SSSR count). The van der Waals surface area contributed by atoms with Crippen LogP contribution < -0.4 is 16.6 Å². The van der Waals surface area contributed by atoms with E-state index in [-0.39, 0.29) is 11.5 Å². The van der Waals surface area contributed by atoms with Gasteiger partial charge in [0, 0.05) is 34.7 Å². The van der Waals surface area contributed by atoms with E-state index in [0.29, 0.717) is 41.6 Å². The monoisotopic (exact) mass is 498 g/mol. The fraction of sp³-hybridized carbons (Fsp3) is 0.111. The summed E-state index contributed by atoms with van der Waals surface area (Å²) < 4.78 is 1.57. The molecule has 8 nitrogen and oxygen atoms in total. The van der Waals surface area contributed by atoms with Crippen molar-refractivity contribution in [1.29, 1.82) is 0 Å². The lowest BCUT2D eigenvalue weighted by Gasteiger charge is -2.10. The molecule has 3 heterocycles. The molecule has 0 saturated heterocycles. The molecule has 0 saturated carbocycles. The summed E-state index contributed by atoms with van der Waals surface area (Å²) in [5, 5.41) is 11.6. The van der Waals surface area contributed by atoms with Crippen molar-refractivity contribution in [3.05, 3.63) is 122 Å². The smallest absolute Gasteiger partial charge is 0.251 e. The maximum Gasteiger partial charge on any atom is 0.251 e. The maximum atomic E-state index is 12.8. The summed E-state index contributed by atoms with van der Waals surface area (Å²) in [7, 11) is 0. The van der Waals surface area contributed by atoms with Crippen LogP contribution >= 0.6 is 11.6 Å². The number of pyridine rings is 2. The van der Waals surface area contributed by atoms with Crippen LogP contribution in [0.4, 0.5) is 5.82 Å². The van der Waals surface area contributed by atoms with Crippen LogP contribution in [0.2, 0.25) is 5.02 Å². The molecule has 36 heavy (non-hydrogen) atoms. The van der Waals surface area contributed by atoms with Gasteiger partial charge in [0.1, 0.15) is 5.82 Å². The number of carbonyl (C=O) groups is 1. The van der Waals surface area contributed by atoms with E-state index >= 15 is 0 Å². The largest absolute Gasteiger partial charge is 0.383 e. The van der Waals surface area contributed by atoms with Crippen molar-refractivity contribution in [2.75, 3.05) is 5.73 Å². The Hall–Kier alpha value is -4.43. The van der Waals surface area contributed by atoms with Gasteiger partial charge in [0.2, 0.25) is 0 Å². The number of nitrogens with two attached hydrogens (primary N) is 1. The van der Waals surface area contributed by atoms with Gasteiger partial charge in [-0.1, -0.05) is 35.9 Å². The van der Waals surface area contributed by atoms with Gasteiger partial charge in [-0.3, -0.25) is 14.7 Å². The standard InChI is InChI=1S/C27H23ClN6O2/c28-20-8-10-23-22(14-20)24(33-32-23)15-30-27(36)19-5-3-4-17(13-19)12-18-7-9-21(31-26(18)29)16-34-11-2-1-6-25(34)35/h1-11,13-14H,12,15-16H2,(H2,29,31)(H,30,36)(H,32,33). The fourth-order valence-corrected chi connectivity index (χ4v) is 4.20. The second-order valence-electron chi connectivity index (χ2n) is 8.44. The van der Waals surface area contributed by atoms with Gasteiger partial charge in [-0.2, -0.15) is 5.10 Å². The lowest BCUT2D eigenvalue weighted by atomic mass is 10.0. The van der Waals surface area contributed by atoms with Crippen LogP contribution in [0.1, 0.15) is 32.9 Å². The van der Waals surface area contributed by atoms with Crippen LogP contribution in [0, 0.1) is 0 Å². The first-order chi connectivity index (χ1) is 17.5. The molecule has 9 heteroatoms. The number of H-pyrrole nitrogens is 1. The zero-order valence-electron chi connectivity index (χ0n) is 19.2. The number of amides is 1. The highest BCUT2D eigenvalue weighted by Gasteiger charge is 2.11. The lowest BCUT2D eigenvalue weighted by Crippen LogP contribution is -2.23. The number of aromatic amines is 1. The van der Waals surface area contributed by atoms with Gasteiger partial charge < -0.3 is 15.6 Å². The zero-order valence-corrected chi connectivity index (χ0v) is 20.0. The molecule has 5 aromatic rings. The van der Waals surface area contributed by atoms with E-state index < -0.39 is 0 Å². The minimum absolute atomic E-state index is 0.0958. The van der Waals surface area contributed by atoms with Gasteiger partial charge in [0.15, 0.2) is 0 Å². The number of fused-ring (bicyclic) bond motifs is 1. The normalized spacial score (nSPS) is 11.0. The molecule has 4 N–H and O–H groups in total. The first-order valence-electron chi connectivity index (χ1n) is 11.4. The summed E-state index contributed by atoms with van der Waals surface area (Å²) in [6, 6.07) is 21.6. The second kappa shape index (κ2) is 10.1. The molecule has 0 aliphatic carbocycles. The number of nitrogens with zero attached hydrogens (tertiary/aromatic N) is 3. The Morgan fingerprint density at radius 1 is 1.06 bits per heavy atom. The quantitative estimate of drug-likeness (QED) is 0.314. The van der Waals surface area contributed by atoms with Gasteiger partial charge in [-0.25, -0.2) is 4.98 Å². The number of nitrogen functional groups attached to an aromatic ring is 1. The van der Waals surface area contributed by atoms with Crippen LogP contribution in [0.25, 0.3) is 10.9 Å². The Kier molecular flexibility index (Phi) is 6.51. The molecule has 1 amide bonds. The SMILES string of the molecule is Nc1nc(Cn2ccccc2=O)ccc1Cc1cccc(C(=O)NCc2[nH]nc3ccc(Cl)cc23)c1. The lowest BCUT2D eigenvalue weighted by molar-refractivity contribution is 0.0950. The zero-order chi connectivity index (χ0) is 25.1. The van der Waals surface area contributed by atoms with Crippen molar-refractivity contribution in [3.63, 3.8) is 0 Å². The molecule has 0 aliphatic heterocycles. The van der Waals surface area contributed by atoms with E-state index in [2.05, 4.69) is 20.5 Å². The summed E-state index contributed by atoms with van der Waals surface area (Å²) in [5.74, 6) is 0.201. The molecule has 0 atom stereocenters. The number of rotatable bonds is 7. The van der Waals surface area contributed by atoms with Crippen molar-refractivity contribution in [3.8, 4) is 0 Å². The van der Waals surface area contributed by atoms with Crippen LogP contribution in [-0.2, 0) is 19.5 Å². The number of aromatic nitrogens is 4. The summed E-state index contributed by atoms with van der Waals surface area (Å²) in [4.78, 5) is 29.2. The highest BCUT2D eigenvalue weighted by molar-refractivity contribution is 6.31. The van der Waals surface area contributed by atoms with E-state index in [9.17, 15) is 9.59 Å². The number of hydrogen-bond donors (Lipinski definition) is 3. The van der Waals surface area contributed by atoms with Gasteiger partial charge >= 0.3 is 0 Å². The Morgan fingerprint density at radius 2 is 1.94 bits per heavy atom. The fourth-order valence-electron chi connectivity index (χ4n) is 4.03. The van der Waals surface area contributed by atoms with Gasteiger partial charge in [-0.15, -0.1) is 0 Å². The average Bonchev–Trinajstić information content (AvgIpc) is 3.28. The number of halogens is 1. The summed E-state index contributed by atoms with van der Waals surface area (Å²) in [6.07, 6.45) is 2.24. The molecule has 2 aromatic carbocycles. The number of hydrogen-bond acceptors (Lipinski definition) is 5. The molecule has 0 spiro atoms. The predicted molar refractivity (Wildman–Crippen MR) is 140 cm³/mol. The van der Waals surface area contributed by atoms with Crippen molar-refractivity contribution in [1.82, 2.24) is 25.1 Å². The van der Waals surface area contributed by atoms with E-state index in [1.807, 2.05) is 42.5 Å². The molecular formula is C27H23ClN6O2. The minimum atomic E-state index is -0.198. The molecule has 0 aliphatic rings. The summed E-state index contributed by atoms with van der Waals surface area (Å²) >= 11 is 6.10. The summed E-state index contributed by atoms with van der Waals surface area (Å²) in [5.41, 5.74) is 10.7. The number of nitrogens with one attached hydrogen (secondary N) is 2. The van der Waals surface area contributed by atoms with Crippen LogP contribution in [-0.4, -0.2) is 25.7 Å². The van der Waals surface area contributed by atoms with E-state index in [4.69, 9.17) is 17.3 Å². The van der Waals surface area contributed by atoms with Crippen LogP contribution in [0.15, 0.2) is 83.8 Å².